The molecule has 0 spiro atoms. The van der Waals surface area contributed by atoms with Crippen molar-refractivity contribution < 1.29 is 19.4 Å². The SMILES string of the molecule is CC1(C)OCC(c2ccc(C3(C(=O)O)CCCC3)cc2)O1. The fraction of sp³-hybridized carbons (Fsp3) is 0.588. The van der Waals surface area contributed by atoms with Crippen LogP contribution in [0.1, 0.15) is 56.8 Å². The molecule has 1 N–H and O–H groups in total. The lowest BCUT2D eigenvalue weighted by Crippen LogP contribution is -2.32. The first-order valence-corrected chi connectivity index (χ1v) is 7.59. The number of hydrogen-bond acceptors (Lipinski definition) is 3. The van der Waals surface area contributed by atoms with E-state index < -0.39 is 17.2 Å². The highest BCUT2D eigenvalue weighted by Gasteiger charge is 2.43. The first-order valence-electron chi connectivity index (χ1n) is 7.59. The van der Waals surface area contributed by atoms with Gasteiger partial charge in [0.05, 0.1) is 12.0 Å². The Morgan fingerprint density at radius 1 is 1.19 bits per heavy atom. The molecule has 0 aromatic heterocycles. The third kappa shape index (κ3) is 2.58. The van der Waals surface area contributed by atoms with Crippen LogP contribution in [0.5, 0.6) is 0 Å². The van der Waals surface area contributed by atoms with Gasteiger partial charge in [0.1, 0.15) is 6.10 Å². The Balaban J connectivity index is 1.83. The van der Waals surface area contributed by atoms with Crippen LogP contribution in [0.4, 0.5) is 0 Å². The van der Waals surface area contributed by atoms with Gasteiger partial charge in [0.2, 0.25) is 0 Å². The van der Waals surface area contributed by atoms with E-state index in [0.29, 0.717) is 6.61 Å². The summed E-state index contributed by atoms with van der Waals surface area (Å²) < 4.78 is 11.4. The lowest BCUT2D eigenvalue weighted by atomic mass is 9.78. The number of benzene rings is 1. The zero-order valence-electron chi connectivity index (χ0n) is 12.6. The van der Waals surface area contributed by atoms with Crippen molar-refractivity contribution in [3.8, 4) is 0 Å². The van der Waals surface area contributed by atoms with Crippen LogP contribution in [0.3, 0.4) is 0 Å². The van der Waals surface area contributed by atoms with Gasteiger partial charge in [-0.15, -0.1) is 0 Å². The van der Waals surface area contributed by atoms with Crippen molar-refractivity contribution in [1.82, 2.24) is 0 Å². The van der Waals surface area contributed by atoms with Gasteiger partial charge in [0, 0.05) is 0 Å². The maximum Gasteiger partial charge on any atom is 0.314 e. The molecule has 1 atom stereocenters. The van der Waals surface area contributed by atoms with E-state index in [-0.39, 0.29) is 6.10 Å². The molecule has 3 rings (SSSR count). The molecular weight excluding hydrogens is 268 g/mol. The first-order chi connectivity index (χ1) is 9.93. The second kappa shape index (κ2) is 5.11. The molecule has 1 aliphatic heterocycles. The first kappa shape index (κ1) is 14.5. The third-order valence-electron chi connectivity index (χ3n) is 4.71. The Morgan fingerprint density at radius 3 is 2.29 bits per heavy atom. The average Bonchev–Trinajstić information content (AvgIpc) is 3.06. The Bertz CT molecular complexity index is 526. The molecule has 114 valence electrons. The molecule has 21 heavy (non-hydrogen) atoms. The van der Waals surface area contributed by atoms with Gasteiger partial charge in [-0.05, 0) is 37.8 Å². The molecule has 2 fully saturated rings. The predicted octanol–water partition coefficient (Wildman–Crippen LogP) is 3.41. The predicted molar refractivity (Wildman–Crippen MR) is 78.1 cm³/mol. The summed E-state index contributed by atoms with van der Waals surface area (Å²) >= 11 is 0. The number of aliphatic carboxylic acids is 1. The van der Waals surface area contributed by atoms with Gasteiger partial charge < -0.3 is 14.6 Å². The topological polar surface area (TPSA) is 55.8 Å². The monoisotopic (exact) mass is 290 g/mol. The van der Waals surface area contributed by atoms with Crippen LogP contribution in [0.25, 0.3) is 0 Å². The van der Waals surface area contributed by atoms with Crippen molar-refractivity contribution in [2.45, 2.75) is 56.8 Å². The molecule has 2 aliphatic rings. The van der Waals surface area contributed by atoms with Crippen LogP contribution < -0.4 is 0 Å². The van der Waals surface area contributed by atoms with E-state index >= 15 is 0 Å². The van der Waals surface area contributed by atoms with Crippen LogP contribution >= 0.6 is 0 Å². The molecule has 1 aromatic rings. The van der Waals surface area contributed by atoms with E-state index in [9.17, 15) is 9.90 Å². The van der Waals surface area contributed by atoms with Crippen LogP contribution in [-0.2, 0) is 19.7 Å². The Labute approximate surface area is 125 Å². The van der Waals surface area contributed by atoms with Crippen molar-refractivity contribution in [3.05, 3.63) is 35.4 Å². The standard InChI is InChI=1S/C17H22O4/c1-16(2)20-11-14(21-16)12-5-7-13(8-6-12)17(15(18)19)9-3-4-10-17/h5-8,14H,3-4,9-11H2,1-2H3,(H,18,19). The Hall–Kier alpha value is -1.39. The van der Waals surface area contributed by atoms with Gasteiger partial charge in [0.25, 0.3) is 0 Å². The second-order valence-electron chi connectivity index (χ2n) is 6.53. The summed E-state index contributed by atoms with van der Waals surface area (Å²) in [6, 6.07) is 7.86. The summed E-state index contributed by atoms with van der Waals surface area (Å²) in [6.45, 7) is 4.34. The van der Waals surface area contributed by atoms with Crippen molar-refractivity contribution in [1.29, 1.82) is 0 Å². The summed E-state index contributed by atoms with van der Waals surface area (Å²) in [5, 5.41) is 9.62. The number of hydrogen-bond donors (Lipinski definition) is 1. The Kier molecular flexibility index (Phi) is 3.54. The summed E-state index contributed by atoms with van der Waals surface area (Å²) in [5.41, 5.74) is 1.27. The number of ether oxygens (including phenoxy) is 2. The van der Waals surface area contributed by atoms with E-state index in [1.54, 1.807) is 0 Å². The molecule has 1 saturated heterocycles. The maximum atomic E-state index is 11.7. The van der Waals surface area contributed by atoms with Gasteiger partial charge >= 0.3 is 5.97 Å². The number of rotatable bonds is 3. The minimum Gasteiger partial charge on any atom is -0.481 e. The molecule has 1 aromatic carbocycles. The van der Waals surface area contributed by atoms with Crippen LogP contribution in [-0.4, -0.2) is 23.5 Å². The van der Waals surface area contributed by atoms with Crippen LogP contribution in [0.2, 0.25) is 0 Å². The number of carboxylic acids is 1. The smallest absolute Gasteiger partial charge is 0.314 e. The molecule has 0 amide bonds. The van der Waals surface area contributed by atoms with Crippen molar-refractivity contribution in [2.24, 2.45) is 0 Å². The maximum absolute atomic E-state index is 11.7. The molecule has 1 aliphatic carbocycles. The normalized spacial score (nSPS) is 26.9. The summed E-state index contributed by atoms with van der Waals surface area (Å²) in [5.74, 6) is -1.24. The van der Waals surface area contributed by atoms with Crippen molar-refractivity contribution in [2.75, 3.05) is 6.61 Å². The summed E-state index contributed by atoms with van der Waals surface area (Å²) in [7, 11) is 0. The van der Waals surface area contributed by atoms with Gasteiger partial charge in [-0.1, -0.05) is 37.1 Å². The average molecular weight is 290 g/mol. The van der Waals surface area contributed by atoms with Gasteiger partial charge in [-0.2, -0.15) is 0 Å². The highest BCUT2D eigenvalue weighted by molar-refractivity contribution is 5.81. The van der Waals surface area contributed by atoms with Crippen molar-refractivity contribution >= 4 is 5.97 Å². The highest BCUT2D eigenvalue weighted by Crippen LogP contribution is 2.42. The zero-order chi connectivity index (χ0) is 15.1. The van der Waals surface area contributed by atoms with Crippen LogP contribution in [0.15, 0.2) is 24.3 Å². The summed E-state index contributed by atoms with van der Waals surface area (Å²) in [6.07, 6.45) is 3.37. The van der Waals surface area contributed by atoms with E-state index in [1.165, 1.54) is 0 Å². The molecule has 0 radical (unpaired) electrons. The fourth-order valence-corrected chi connectivity index (χ4v) is 3.47. The van der Waals surface area contributed by atoms with E-state index in [2.05, 4.69) is 0 Å². The molecule has 4 heteroatoms. The Morgan fingerprint density at radius 2 is 1.81 bits per heavy atom. The molecule has 1 unspecified atom stereocenters. The minimum atomic E-state index is -0.700. The van der Waals surface area contributed by atoms with Crippen molar-refractivity contribution in [3.63, 3.8) is 0 Å². The zero-order valence-corrected chi connectivity index (χ0v) is 12.6. The second-order valence-corrected chi connectivity index (χ2v) is 6.53. The number of carbonyl (C=O) groups is 1. The molecule has 4 nitrogen and oxygen atoms in total. The summed E-state index contributed by atoms with van der Waals surface area (Å²) in [4.78, 5) is 11.7. The van der Waals surface area contributed by atoms with Gasteiger partial charge in [0.15, 0.2) is 5.79 Å². The van der Waals surface area contributed by atoms with Crippen LogP contribution in [0, 0.1) is 0 Å². The lowest BCUT2D eigenvalue weighted by molar-refractivity contribution is -0.143. The molecule has 0 bridgehead atoms. The van der Waals surface area contributed by atoms with Gasteiger partial charge in [-0.25, -0.2) is 0 Å². The molecule has 1 heterocycles. The lowest BCUT2D eigenvalue weighted by Gasteiger charge is -2.25. The fourth-order valence-electron chi connectivity index (χ4n) is 3.47. The largest absolute Gasteiger partial charge is 0.481 e. The third-order valence-corrected chi connectivity index (χ3v) is 4.71. The molecule has 1 saturated carbocycles. The quantitative estimate of drug-likeness (QED) is 0.927. The van der Waals surface area contributed by atoms with E-state index in [0.717, 1.165) is 36.8 Å². The minimum absolute atomic E-state index is 0.0709. The van der Waals surface area contributed by atoms with Gasteiger partial charge in [-0.3, -0.25) is 4.79 Å². The molecular formula is C17H22O4. The number of carboxylic acid groups (broad SMARTS) is 1. The van der Waals surface area contributed by atoms with E-state index in [1.807, 2.05) is 38.1 Å². The highest BCUT2D eigenvalue weighted by atomic mass is 16.7. The van der Waals surface area contributed by atoms with E-state index in [4.69, 9.17) is 9.47 Å².